The van der Waals surface area contributed by atoms with Gasteiger partial charge in [0.15, 0.2) is 5.82 Å². The van der Waals surface area contributed by atoms with Crippen molar-refractivity contribution < 1.29 is 4.74 Å². The summed E-state index contributed by atoms with van der Waals surface area (Å²) in [6.45, 7) is 1.58. The molecule has 1 aromatic heterocycles. The number of hydrogen-bond acceptors (Lipinski definition) is 6. The highest BCUT2D eigenvalue weighted by molar-refractivity contribution is 5.37. The zero-order chi connectivity index (χ0) is 12.6. The molecule has 2 N–H and O–H groups in total. The molecule has 6 nitrogen and oxygen atoms in total. The molecule has 18 heavy (non-hydrogen) atoms. The largest absolute Gasteiger partial charge is 0.385 e. The van der Waals surface area contributed by atoms with Crippen molar-refractivity contribution >= 4 is 11.8 Å². The van der Waals surface area contributed by atoms with Crippen LogP contribution in [0.4, 0.5) is 11.8 Å². The van der Waals surface area contributed by atoms with Gasteiger partial charge in [-0.1, -0.05) is 12.8 Å². The van der Waals surface area contributed by atoms with Crippen LogP contribution in [0.25, 0.3) is 0 Å². The van der Waals surface area contributed by atoms with Crippen LogP contribution in [0.3, 0.4) is 0 Å². The first kappa shape index (κ1) is 13.0. The van der Waals surface area contributed by atoms with E-state index in [0.29, 0.717) is 12.0 Å². The number of nitrogens with one attached hydrogen (secondary N) is 2. The summed E-state index contributed by atoms with van der Waals surface area (Å²) in [5.41, 5.74) is 0. The van der Waals surface area contributed by atoms with Crippen LogP contribution in [0, 0.1) is 0 Å². The third-order valence-corrected chi connectivity index (χ3v) is 3.08. The summed E-state index contributed by atoms with van der Waals surface area (Å²) < 4.78 is 4.99. The fraction of sp³-hybridized carbons (Fsp3) is 0.750. The number of ether oxygens (including phenoxy) is 1. The maximum absolute atomic E-state index is 4.99. The number of aromatic nitrogens is 3. The third kappa shape index (κ3) is 4.10. The van der Waals surface area contributed by atoms with Crippen LogP contribution in [0.2, 0.25) is 0 Å². The molecule has 1 aliphatic carbocycles. The molecule has 1 aromatic rings. The predicted octanol–water partition coefficient (Wildman–Crippen LogP) is 1.67. The highest BCUT2D eigenvalue weighted by atomic mass is 16.5. The van der Waals surface area contributed by atoms with Crippen LogP contribution >= 0.6 is 0 Å². The average Bonchev–Trinajstić information content (AvgIpc) is 2.88. The molecule has 1 aliphatic rings. The quantitative estimate of drug-likeness (QED) is 0.718. The Hall–Kier alpha value is -1.43. The van der Waals surface area contributed by atoms with Crippen LogP contribution in [0.1, 0.15) is 32.1 Å². The molecule has 0 saturated heterocycles. The lowest BCUT2D eigenvalue weighted by Gasteiger charge is -2.11. The first-order valence-electron chi connectivity index (χ1n) is 6.57. The van der Waals surface area contributed by atoms with Gasteiger partial charge in [-0.2, -0.15) is 10.1 Å². The normalized spacial score (nSPS) is 15.8. The van der Waals surface area contributed by atoms with Gasteiger partial charge in [-0.25, -0.2) is 0 Å². The molecule has 1 saturated carbocycles. The lowest BCUT2D eigenvalue weighted by Crippen LogP contribution is -2.17. The lowest BCUT2D eigenvalue weighted by atomic mass is 10.3. The molecule has 0 radical (unpaired) electrons. The van der Waals surface area contributed by atoms with Crippen molar-refractivity contribution in [1.82, 2.24) is 15.2 Å². The van der Waals surface area contributed by atoms with Crippen molar-refractivity contribution in [2.24, 2.45) is 0 Å². The van der Waals surface area contributed by atoms with E-state index in [1.807, 2.05) is 0 Å². The lowest BCUT2D eigenvalue weighted by molar-refractivity contribution is 0.197. The third-order valence-electron chi connectivity index (χ3n) is 3.08. The summed E-state index contributed by atoms with van der Waals surface area (Å²) in [6.07, 6.45) is 7.59. The van der Waals surface area contributed by atoms with Gasteiger partial charge in [-0.05, 0) is 19.3 Å². The van der Waals surface area contributed by atoms with Crippen molar-refractivity contribution in [2.75, 3.05) is 30.9 Å². The Labute approximate surface area is 108 Å². The van der Waals surface area contributed by atoms with Crippen molar-refractivity contribution in [3.8, 4) is 0 Å². The van der Waals surface area contributed by atoms with Crippen molar-refractivity contribution in [3.05, 3.63) is 6.20 Å². The second-order valence-corrected chi connectivity index (χ2v) is 4.56. The standard InChI is InChI=1S/C12H21N5O/c1-18-8-4-7-13-11-9-14-17-12(16-11)15-10-5-2-3-6-10/h9-10H,2-8H2,1H3,(H2,13,15,16,17). The molecular weight excluding hydrogens is 230 g/mol. The SMILES string of the molecule is COCCCNc1cnnc(NC2CCCC2)n1. The number of anilines is 2. The van der Waals surface area contributed by atoms with Crippen LogP contribution in [-0.2, 0) is 4.74 Å². The number of hydrogen-bond donors (Lipinski definition) is 2. The van der Waals surface area contributed by atoms with Gasteiger partial charge in [0, 0.05) is 26.3 Å². The Kier molecular flexibility index (Phi) is 5.14. The van der Waals surface area contributed by atoms with Crippen molar-refractivity contribution in [3.63, 3.8) is 0 Å². The first-order valence-corrected chi connectivity index (χ1v) is 6.57. The zero-order valence-electron chi connectivity index (χ0n) is 10.9. The molecular formula is C12H21N5O. The fourth-order valence-corrected chi connectivity index (χ4v) is 2.14. The minimum Gasteiger partial charge on any atom is -0.385 e. The van der Waals surface area contributed by atoms with E-state index in [4.69, 9.17) is 4.74 Å². The maximum atomic E-state index is 4.99. The second-order valence-electron chi connectivity index (χ2n) is 4.56. The first-order chi connectivity index (χ1) is 8.88. The van der Waals surface area contributed by atoms with Gasteiger partial charge >= 0.3 is 0 Å². The zero-order valence-corrected chi connectivity index (χ0v) is 10.9. The number of rotatable bonds is 7. The second kappa shape index (κ2) is 7.10. The van der Waals surface area contributed by atoms with Gasteiger partial charge in [0.05, 0.1) is 6.20 Å². The smallest absolute Gasteiger partial charge is 0.244 e. The molecule has 2 rings (SSSR count). The van der Waals surface area contributed by atoms with Crippen LogP contribution in [-0.4, -0.2) is 41.5 Å². The van der Waals surface area contributed by atoms with E-state index in [0.717, 1.165) is 25.4 Å². The Morgan fingerprint density at radius 1 is 1.39 bits per heavy atom. The molecule has 0 unspecified atom stereocenters. The molecule has 100 valence electrons. The summed E-state index contributed by atoms with van der Waals surface area (Å²) in [6, 6.07) is 0.510. The van der Waals surface area contributed by atoms with E-state index < -0.39 is 0 Å². The van der Waals surface area contributed by atoms with Gasteiger partial charge in [0.1, 0.15) is 0 Å². The molecule has 1 fully saturated rings. The Morgan fingerprint density at radius 3 is 3.00 bits per heavy atom. The van der Waals surface area contributed by atoms with Crippen molar-refractivity contribution in [2.45, 2.75) is 38.1 Å². The Bertz CT molecular complexity index is 354. The summed E-state index contributed by atoms with van der Waals surface area (Å²) in [4.78, 5) is 4.40. The van der Waals surface area contributed by atoms with Gasteiger partial charge in [-0.15, -0.1) is 5.10 Å². The van der Waals surface area contributed by atoms with Crippen LogP contribution in [0.5, 0.6) is 0 Å². The van der Waals surface area contributed by atoms with Gasteiger partial charge in [-0.3, -0.25) is 0 Å². The van der Waals surface area contributed by atoms with E-state index in [1.54, 1.807) is 13.3 Å². The fourth-order valence-electron chi connectivity index (χ4n) is 2.14. The minimum atomic E-state index is 0.510. The molecule has 0 aromatic carbocycles. The van der Waals surface area contributed by atoms with E-state index in [-0.39, 0.29) is 0 Å². The molecule has 0 atom stereocenters. The maximum Gasteiger partial charge on any atom is 0.244 e. The topological polar surface area (TPSA) is 72.0 Å². The summed E-state index contributed by atoms with van der Waals surface area (Å²) in [7, 11) is 1.70. The van der Waals surface area contributed by atoms with E-state index in [9.17, 15) is 0 Å². The molecule has 0 bridgehead atoms. The van der Waals surface area contributed by atoms with E-state index >= 15 is 0 Å². The van der Waals surface area contributed by atoms with Gasteiger partial charge < -0.3 is 15.4 Å². The number of methoxy groups -OCH3 is 1. The molecule has 0 amide bonds. The number of nitrogens with zero attached hydrogens (tertiary/aromatic N) is 3. The van der Waals surface area contributed by atoms with Gasteiger partial charge in [0.25, 0.3) is 0 Å². The molecule has 6 heteroatoms. The molecule has 0 aliphatic heterocycles. The summed E-state index contributed by atoms with van der Waals surface area (Å²) >= 11 is 0. The van der Waals surface area contributed by atoms with E-state index in [1.165, 1.54) is 25.7 Å². The minimum absolute atomic E-state index is 0.510. The monoisotopic (exact) mass is 251 g/mol. The van der Waals surface area contributed by atoms with Gasteiger partial charge in [0.2, 0.25) is 5.95 Å². The molecule has 1 heterocycles. The highest BCUT2D eigenvalue weighted by Gasteiger charge is 2.15. The average molecular weight is 251 g/mol. The summed E-state index contributed by atoms with van der Waals surface area (Å²) in [5.74, 6) is 1.39. The van der Waals surface area contributed by atoms with Crippen molar-refractivity contribution in [1.29, 1.82) is 0 Å². The summed E-state index contributed by atoms with van der Waals surface area (Å²) in [5, 5.41) is 14.5. The molecule has 0 spiro atoms. The van der Waals surface area contributed by atoms with Crippen LogP contribution < -0.4 is 10.6 Å². The Morgan fingerprint density at radius 2 is 2.22 bits per heavy atom. The highest BCUT2D eigenvalue weighted by Crippen LogP contribution is 2.20. The Balaban J connectivity index is 1.80. The van der Waals surface area contributed by atoms with Crippen LogP contribution in [0.15, 0.2) is 6.20 Å². The van der Waals surface area contributed by atoms with E-state index in [2.05, 4.69) is 25.8 Å². The predicted molar refractivity (Wildman–Crippen MR) is 70.7 cm³/mol.